The van der Waals surface area contributed by atoms with E-state index in [1.807, 2.05) is 0 Å². The Hall–Kier alpha value is -3.41. The molecule has 1 aromatic carbocycles. The van der Waals surface area contributed by atoms with Crippen molar-refractivity contribution in [2.45, 2.75) is 23.5 Å². The van der Waals surface area contributed by atoms with Gasteiger partial charge in [-0.2, -0.15) is 4.31 Å². The van der Waals surface area contributed by atoms with E-state index in [-0.39, 0.29) is 12.2 Å². The van der Waals surface area contributed by atoms with Crippen molar-refractivity contribution < 1.29 is 27.8 Å². The molecule has 2 aliphatic heterocycles. The number of carboxylic acids is 1. The molecule has 3 aromatic rings. The normalized spacial score (nSPS) is 24.1. The molecule has 0 radical (unpaired) electrons. The fourth-order valence-electron chi connectivity index (χ4n) is 5.18. The average Bonchev–Trinajstić information content (AvgIpc) is 3.08. The molecular formula is C23H20FN3O6S. The first-order chi connectivity index (χ1) is 16.3. The minimum Gasteiger partial charge on any atom is -0.481 e. The fraction of sp³-hybridized carbons (Fsp3) is 0.261. The molecule has 5 rings (SSSR count). The summed E-state index contributed by atoms with van der Waals surface area (Å²) < 4.78 is 44.0. The van der Waals surface area contributed by atoms with E-state index >= 15 is 0 Å². The number of rotatable bonds is 5. The Morgan fingerprint density at radius 3 is 2.47 bits per heavy atom. The summed E-state index contributed by atoms with van der Waals surface area (Å²) in [5, 5.41) is 20.1. The number of pyridine rings is 2. The van der Waals surface area contributed by atoms with Gasteiger partial charge < -0.3 is 14.8 Å². The topological polar surface area (TPSA) is 130 Å². The third-order valence-corrected chi connectivity index (χ3v) is 8.60. The van der Waals surface area contributed by atoms with Gasteiger partial charge in [-0.15, -0.1) is 0 Å². The van der Waals surface area contributed by atoms with E-state index in [1.165, 1.54) is 41.2 Å². The Morgan fingerprint density at radius 1 is 1.12 bits per heavy atom. The first-order valence-corrected chi connectivity index (χ1v) is 12.0. The number of aliphatic carboxylic acids is 1. The fourth-order valence-corrected chi connectivity index (χ4v) is 7.09. The highest BCUT2D eigenvalue weighted by Crippen LogP contribution is 2.51. The van der Waals surface area contributed by atoms with Gasteiger partial charge in [0.1, 0.15) is 10.7 Å². The number of carboxylic acid groups (broad SMARTS) is 1. The van der Waals surface area contributed by atoms with Crippen molar-refractivity contribution in [3.63, 3.8) is 0 Å². The van der Waals surface area contributed by atoms with E-state index in [1.54, 1.807) is 12.1 Å². The van der Waals surface area contributed by atoms with Crippen molar-refractivity contribution in [1.82, 2.24) is 13.9 Å². The summed E-state index contributed by atoms with van der Waals surface area (Å²) in [6.07, 6.45) is 3.07. The van der Waals surface area contributed by atoms with Crippen LogP contribution in [0.4, 0.5) is 4.39 Å². The number of nitrogens with zero attached hydrogens (tertiary/aromatic N) is 3. The van der Waals surface area contributed by atoms with Crippen LogP contribution >= 0.6 is 0 Å². The van der Waals surface area contributed by atoms with Gasteiger partial charge in [0.2, 0.25) is 10.0 Å². The number of hydrogen-bond donors (Lipinski definition) is 2. The number of benzene rings is 1. The van der Waals surface area contributed by atoms with Crippen LogP contribution in [0.15, 0.2) is 70.6 Å². The second-order valence-corrected chi connectivity index (χ2v) is 10.1. The van der Waals surface area contributed by atoms with Gasteiger partial charge in [-0.1, -0.05) is 12.1 Å². The summed E-state index contributed by atoms with van der Waals surface area (Å²) >= 11 is 0. The Morgan fingerprint density at radius 2 is 1.82 bits per heavy atom. The number of halogens is 1. The van der Waals surface area contributed by atoms with E-state index in [0.717, 1.165) is 16.4 Å². The van der Waals surface area contributed by atoms with Crippen LogP contribution in [0.5, 0.6) is 0 Å². The number of hydrogen-bond acceptors (Lipinski definition) is 6. The second-order valence-electron chi connectivity index (χ2n) is 8.31. The van der Waals surface area contributed by atoms with Crippen LogP contribution in [-0.2, 0) is 21.4 Å². The molecular weight excluding hydrogens is 465 g/mol. The molecule has 0 amide bonds. The van der Waals surface area contributed by atoms with Crippen molar-refractivity contribution in [3.05, 3.63) is 82.8 Å². The van der Waals surface area contributed by atoms with Gasteiger partial charge in [0.25, 0.3) is 5.56 Å². The van der Waals surface area contributed by atoms with E-state index < -0.39 is 62.8 Å². The third-order valence-electron chi connectivity index (χ3n) is 6.66. The minimum absolute atomic E-state index is 0.174. The van der Waals surface area contributed by atoms with Gasteiger partial charge >= 0.3 is 5.97 Å². The summed E-state index contributed by atoms with van der Waals surface area (Å²) in [5.41, 5.74) is 0.729. The lowest BCUT2D eigenvalue weighted by Crippen LogP contribution is -2.49. The largest absolute Gasteiger partial charge is 0.481 e. The second kappa shape index (κ2) is 8.12. The Labute approximate surface area is 193 Å². The standard InChI is InChI=1S/C23H20FN3O6S/c24-16-3-1-2-4-19(16)34(32,33)27-18-11-26-17(21(27)20(23(30)31)15(18)12-28)6-5-14(22(26)29)13-7-9-25-10-8-13/h1-10,15,18,20-21,28H,11-12H2,(H,30,31)/t15-,18-,20+,21+/m1/s1. The number of carbonyl (C=O) groups is 1. The number of sulfonamides is 1. The SMILES string of the molecule is O=C(O)[C@H]1[C@H](CO)[C@H]2Cn3c(ccc(-c4ccncc4)c3=O)[C@@H]1N2S(=O)(=O)c1ccccc1F. The Bertz CT molecular complexity index is 1440. The summed E-state index contributed by atoms with van der Waals surface area (Å²) in [6.45, 7) is -0.784. The molecule has 0 aliphatic carbocycles. The molecule has 1 saturated heterocycles. The van der Waals surface area contributed by atoms with Gasteiger partial charge in [-0.3, -0.25) is 14.6 Å². The summed E-state index contributed by atoms with van der Waals surface area (Å²) in [4.78, 5) is 29.0. The highest BCUT2D eigenvalue weighted by molar-refractivity contribution is 7.89. The van der Waals surface area contributed by atoms with Crippen LogP contribution in [0.2, 0.25) is 0 Å². The van der Waals surface area contributed by atoms with Gasteiger partial charge in [0, 0.05) is 48.8 Å². The molecule has 4 heterocycles. The molecule has 0 spiro atoms. The van der Waals surface area contributed by atoms with Crippen LogP contribution in [-0.4, -0.2) is 51.1 Å². The zero-order valence-corrected chi connectivity index (χ0v) is 18.5. The van der Waals surface area contributed by atoms with Gasteiger partial charge in [-0.05, 0) is 42.0 Å². The minimum atomic E-state index is -4.50. The molecule has 0 unspecified atom stereocenters. The summed E-state index contributed by atoms with van der Waals surface area (Å²) in [6, 6.07) is 8.86. The Balaban J connectivity index is 1.73. The first kappa shape index (κ1) is 22.4. The highest BCUT2D eigenvalue weighted by Gasteiger charge is 2.60. The molecule has 176 valence electrons. The highest BCUT2D eigenvalue weighted by atomic mass is 32.2. The maximum absolute atomic E-state index is 14.5. The predicted molar refractivity (Wildman–Crippen MR) is 118 cm³/mol. The number of aliphatic hydroxyl groups is 1. The average molecular weight is 485 g/mol. The van der Waals surface area contributed by atoms with E-state index in [4.69, 9.17) is 0 Å². The lowest BCUT2D eigenvalue weighted by Gasteiger charge is -2.37. The maximum atomic E-state index is 14.5. The van der Waals surface area contributed by atoms with Crippen LogP contribution < -0.4 is 5.56 Å². The summed E-state index contributed by atoms with van der Waals surface area (Å²) in [5.74, 6) is -4.59. The number of aliphatic hydroxyl groups excluding tert-OH is 1. The van der Waals surface area contributed by atoms with Gasteiger partial charge in [0.15, 0.2) is 0 Å². The Kier molecular flexibility index (Phi) is 5.34. The molecule has 4 atom stereocenters. The van der Waals surface area contributed by atoms with Gasteiger partial charge in [-0.25, -0.2) is 12.8 Å². The zero-order chi connectivity index (χ0) is 24.2. The smallest absolute Gasteiger partial charge is 0.308 e. The molecule has 34 heavy (non-hydrogen) atoms. The lowest BCUT2D eigenvalue weighted by atomic mass is 9.87. The number of fused-ring (bicyclic) bond motifs is 4. The van der Waals surface area contributed by atoms with Gasteiger partial charge in [0.05, 0.1) is 12.0 Å². The van der Waals surface area contributed by atoms with Crippen LogP contribution in [0.3, 0.4) is 0 Å². The van der Waals surface area contributed by atoms with E-state index in [9.17, 15) is 32.6 Å². The molecule has 1 fully saturated rings. The van der Waals surface area contributed by atoms with Crippen LogP contribution in [0.1, 0.15) is 11.7 Å². The van der Waals surface area contributed by atoms with Crippen molar-refractivity contribution in [1.29, 1.82) is 0 Å². The quantitative estimate of drug-likeness (QED) is 0.560. The van der Waals surface area contributed by atoms with Crippen molar-refractivity contribution in [3.8, 4) is 11.1 Å². The molecule has 2 N–H and O–H groups in total. The lowest BCUT2D eigenvalue weighted by molar-refractivity contribution is -0.144. The summed E-state index contributed by atoms with van der Waals surface area (Å²) in [7, 11) is -4.50. The van der Waals surface area contributed by atoms with Crippen molar-refractivity contribution in [2.75, 3.05) is 6.61 Å². The van der Waals surface area contributed by atoms with E-state index in [0.29, 0.717) is 11.1 Å². The molecule has 9 nitrogen and oxygen atoms in total. The number of aromatic nitrogens is 2. The zero-order valence-electron chi connectivity index (χ0n) is 17.7. The molecule has 2 bridgehead atoms. The van der Waals surface area contributed by atoms with Crippen LogP contribution in [0, 0.1) is 17.7 Å². The monoisotopic (exact) mass is 485 g/mol. The van der Waals surface area contributed by atoms with Crippen molar-refractivity contribution >= 4 is 16.0 Å². The molecule has 0 saturated carbocycles. The predicted octanol–water partition coefficient (Wildman–Crippen LogP) is 1.49. The van der Waals surface area contributed by atoms with Crippen molar-refractivity contribution in [2.24, 2.45) is 11.8 Å². The third kappa shape index (κ3) is 3.19. The van der Waals surface area contributed by atoms with E-state index in [2.05, 4.69) is 4.98 Å². The van der Waals surface area contributed by atoms with Crippen LogP contribution in [0.25, 0.3) is 11.1 Å². The molecule has 11 heteroatoms. The molecule has 2 aromatic heterocycles. The maximum Gasteiger partial charge on any atom is 0.308 e. The molecule has 2 aliphatic rings. The first-order valence-electron chi connectivity index (χ1n) is 10.5.